The van der Waals surface area contributed by atoms with Crippen molar-refractivity contribution in [1.82, 2.24) is 4.98 Å². The van der Waals surface area contributed by atoms with Crippen molar-refractivity contribution in [3.8, 4) is 11.5 Å². The lowest BCUT2D eigenvalue weighted by Crippen LogP contribution is -2.13. The van der Waals surface area contributed by atoms with Gasteiger partial charge in [-0.15, -0.1) is 11.3 Å². The fourth-order valence-electron chi connectivity index (χ4n) is 2.18. The highest BCUT2D eigenvalue weighted by molar-refractivity contribution is 7.13. The first-order valence-corrected chi connectivity index (χ1v) is 9.64. The lowest BCUT2D eigenvalue weighted by molar-refractivity contribution is -0.116. The molecular weight excluding hydrogens is 352 g/mol. The Bertz CT molecular complexity index is 716. The van der Waals surface area contributed by atoms with Gasteiger partial charge in [0.2, 0.25) is 5.91 Å². The maximum absolute atomic E-state index is 12.4. The summed E-state index contributed by atoms with van der Waals surface area (Å²) in [7, 11) is 0. The molecule has 1 aromatic carbocycles. The van der Waals surface area contributed by atoms with Crippen LogP contribution in [0.2, 0.25) is 0 Å². The predicted octanol–water partition coefficient (Wildman–Crippen LogP) is 4.32. The molecule has 0 bridgehead atoms. The Morgan fingerprint density at radius 3 is 2.46 bits per heavy atom. The molecule has 6 nitrogen and oxygen atoms in total. The Balaban J connectivity index is 1.97. The van der Waals surface area contributed by atoms with Crippen molar-refractivity contribution in [3.63, 3.8) is 0 Å². The van der Waals surface area contributed by atoms with Gasteiger partial charge in [0.15, 0.2) is 22.4 Å². The predicted molar refractivity (Wildman–Crippen MR) is 102 cm³/mol. The Labute approximate surface area is 157 Å². The zero-order valence-electron chi connectivity index (χ0n) is 15.1. The second kappa shape index (κ2) is 10.6. The summed E-state index contributed by atoms with van der Waals surface area (Å²) >= 11 is 1.34. The normalized spacial score (nSPS) is 10.4. The van der Waals surface area contributed by atoms with E-state index in [1.165, 1.54) is 11.3 Å². The lowest BCUT2D eigenvalue weighted by Gasteiger charge is -2.13. The molecule has 1 aromatic heterocycles. The quantitative estimate of drug-likeness (QED) is 0.591. The summed E-state index contributed by atoms with van der Waals surface area (Å²) in [6, 6.07) is 5.16. The fraction of sp³-hybridized carbons (Fsp3) is 0.421. The number of carbonyl (C=O) groups is 2. The van der Waals surface area contributed by atoms with E-state index >= 15 is 0 Å². The molecule has 1 heterocycles. The van der Waals surface area contributed by atoms with Gasteiger partial charge in [0, 0.05) is 30.0 Å². The summed E-state index contributed by atoms with van der Waals surface area (Å²) in [6.45, 7) is 5.19. The minimum Gasteiger partial charge on any atom is -0.490 e. The van der Waals surface area contributed by atoms with Crippen LogP contribution in [0.1, 0.15) is 49.9 Å². The zero-order chi connectivity index (χ0) is 18.8. The van der Waals surface area contributed by atoms with Crippen molar-refractivity contribution in [1.29, 1.82) is 0 Å². The number of carbonyl (C=O) groups excluding carboxylic acids is 2. The zero-order valence-corrected chi connectivity index (χ0v) is 15.9. The van der Waals surface area contributed by atoms with E-state index in [4.69, 9.17) is 9.47 Å². The Morgan fingerprint density at radius 1 is 1.08 bits per heavy atom. The SMILES string of the molecule is CCCOc1ccc(C(=O)CCC(=O)Nc2nccs2)cc1OCCC. The Hall–Kier alpha value is -2.41. The first kappa shape index (κ1) is 19.9. The maximum Gasteiger partial charge on any atom is 0.226 e. The molecule has 0 aliphatic rings. The van der Waals surface area contributed by atoms with Crippen LogP contribution in [0.3, 0.4) is 0 Å². The van der Waals surface area contributed by atoms with Gasteiger partial charge in [-0.25, -0.2) is 4.98 Å². The molecule has 7 heteroatoms. The average Bonchev–Trinajstić information content (AvgIpc) is 3.15. The molecule has 0 spiro atoms. The van der Waals surface area contributed by atoms with Gasteiger partial charge < -0.3 is 14.8 Å². The molecule has 1 N–H and O–H groups in total. The van der Waals surface area contributed by atoms with E-state index in [0.29, 0.717) is 35.4 Å². The molecule has 0 fully saturated rings. The second-order valence-electron chi connectivity index (χ2n) is 5.67. The molecule has 2 aromatic rings. The lowest BCUT2D eigenvalue weighted by atomic mass is 10.1. The number of aromatic nitrogens is 1. The number of nitrogens with zero attached hydrogens (tertiary/aromatic N) is 1. The summed E-state index contributed by atoms with van der Waals surface area (Å²) < 4.78 is 11.4. The number of ether oxygens (including phenoxy) is 2. The maximum atomic E-state index is 12.4. The van der Waals surface area contributed by atoms with E-state index in [0.717, 1.165) is 12.8 Å². The van der Waals surface area contributed by atoms with Gasteiger partial charge in [0.1, 0.15) is 0 Å². The highest BCUT2D eigenvalue weighted by atomic mass is 32.1. The van der Waals surface area contributed by atoms with Crippen LogP contribution < -0.4 is 14.8 Å². The number of anilines is 1. The monoisotopic (exact) mass is 376 g/mol. The summed E-state index contributed by atoms with van der Waals surface area (Å²) in [6.07, 6.45) is 3.60. The second-order valence-corrected chi connectivity index (χ2v) is 6.56. The number of nitrogens with one attached hydrogen (secondary N) is 1. The standard InChI is InChI=1S/C19H24N2O4S/c1-3-10-24-16-7-5-14(13-17(16)25-11-4-2)15(22)6-8-18(23)21-19-20-9-12-26-19/h5,7,9,12-13H,3-4,6,8,10-11H2,1-2H3,(H,20,21,23). The van der Waals surface area contributed by atoms with Gasteiger partial charge in [0.05, 0.1) is 13.2 Å². The van der Waals surface area contributed by atoms with Crippen LogP contribution in [0.15, 0.2) is 29.8 Å². The largest absolute Gasteiger partial charge is 0.490 e. The van der Waals surface area contributed by atoms with Gasteiger partial charge in [-0.2, -0.15) is 0 Å². The Kier molecular flexibility index (Phi) is 8.08. The van der Waals surface area contributed by atoms with Crippen LogP contribution in [0.25, 0.3) is 0 Å². The van der Waals surface area contributed by atoms with Gasteiger partial charge in [-0.1, -0.05) is 13.8 Å². The molecule has 140 valence electrons. The molecule has 0 radical (unpaired) electrons. The Morgan fingerprint density at radius 2 is 1.81 bits per heavy atom. The smallest absolute Gasteiger partial charge is 0.226 e. The molecule has 0 unspecified atom stereocenters. The molecule has 1 amide bonds. The fourth-order valence-corrected chi connectivity index (χ4v) is 2.72. The molecule has 26 heavy (non-hydrogen) atoms. The number of hydrogen-bond acceptors (Lipinski definition) is 6. The van der Waals surface area contributed by atoms with Crippen LogP contribution in [0.4, 0.5) is 5.13 Å². The van der Waals surface area contributed by atoms with Crippen LogP contribution in [-0.2, 0) is 4.79 Å². The van der Waals surface area contributed by atoms with E-state index in [-0.39, 0.29) is 24.5 Å². The van der Waals surface area contributed by atoms with Crippen LogP contribution in [-0.4, -0.2) is 29.9 Å². The number of benzene rings is 1. The van der Waals surface area contributed by atoms with Crippen molar-refractivity contribution in [2.45, 2.75) is 39.5 Å². The molecular formula is C19H24N2O4S. The summed E-state index contributed by atoms with van der Waals surface area (Å²) in [5.41, 5.74) is 0.516. The molecule has 0 saturated carbocycles. The average molecular weight is 376 g/mol. The van der Waals surface area contributed by atoms with Gasteiger partial charge >= 0.3 is 0 Å². The summed E-state index contributed by atoms with van der Waals surface area (Å²) in [4.78, 5) is 28.3. The molecule has 0 aliphatic carbocycles. The number of ketones is 1. The number of hydrogen-bond donors (Lipinski definition) is 1. The van der Waals surface area contributed by atoms with E-state index in [9.17, 15) is 9.59 Å². The van der Waals surface area contributed by atoms with Gasteiger partial charge in [0.25, 0.3) is 0 Å². The third-order valence-corrected chi connectivity index (χ3v) is 4.14. The van der Waals surface area contributed by atoms with E-state index in [2.05, 4.69) is 10.3 Å². The number of Topliss-reactive ketones (excluding diaryl/α,β-unsaturated/α-hetero) is 1. The third-order valence-electron chi connectivity index (χ3n) is 3.45. The molecule has 0 saturated heterocycles. The first-order chi connectivity index (χ1) is 12.6. The van der Waals surface area contributed by atoms with Crippen molar-refractivity contribution in [2.24, 2.45) is 0 Å². The van der Waals surface area contributed by atoms with Crippen molar-refractivity contribution in [3.05, 3.63) is 35.3 Å². The van der Waals surface area contributed by atoms with E-state index in [1.54, 1.807) is 29.8 Å². The van der Waals surface area contributed by atoms with Crippen molar-refractivity contribution in [2.75, 3.05) is 18.5 Å². The highest BCUT2D eigenvalue weighted by Gasteiger charge is 2.14. The number of amides is 1. The molecule has 2 rings (SSSR count). The van der Waals surface area contributed by atoms with Crippen LogP contribution in [0.5, 0.6) is 11.5 Å². The third kappa shape index (κ3) is 6.15. The minimum absolute atomic E-state index is 0.109. The van der Waals surface area contributed by atoms with Crippen LogP contribution >= 0.6 is 11.3 Å². The van der Waals surface area contributed by atoms with Crippen molar-refractivity contribution >= 4 is 28.2 Å². The van der Waals surface area contributed by atoms with Crippen LogP contribution in [0, 0.1) is 0 Å². The first-order valence-electron chi connectivity index (χ1n) is 8.76. The minimum atomic E-state index is -0.223. The number of thiazole rings is 1. The van der Waals surface area contributed by atoms with E-state index in [1.807, 2.05) is 13.8 Å². The highest BCUT2D eigenvalue weighted by Crippen LogP contribution is 2.29. The van der Waals surface area contributed by atoms with E-state index < -0.39 is 0 Å². The summed E-state index contributed by atoms with van der Waals surface area (Å²) in [5.74, 6) is 0.873. The van der Waals surface area contributed by atoms with Crippen molar-refractivity contribution < 1.29 is 19.1 Å². The van der Waals surface area contributed by atoms with Gasteiger partial charge in [-0.05, 0) is 31.0 Å². The number of rotatable bonds is 11. The molecule has 0 atom stereocenters. The summed E-state index contributed by atoms with van der Waals surface area (Å²) in [5, 5.41) is 4.99. The topological polar surface area (TPSA) is 77.5 Å². The van der Waals surface area contributed by atoms with Gasteiger partial charge in [-0.3, -0.25) is 9.59 Å². The molecule has 0 aliphatic heterocycles.